The molecule has 3 saturated carbocycles. The van der Waals surface area contributed by atoms with Gasteiger partial charge in [0.05, 0.1) is 6.10 Å². The quantitative estimate of drug-likeness (QED) is 0.734. The van der Waals surface area contributed by atoms with E-state index in [0.29, 0.717) is 18.3 Å². The minimum Gasteiger partial charge on any atom is -0.382 e. The minimum atomic E-state index is -1.23. The van der Waals surface area contributed by atoms with Gasteiger partial charge in [-0.15, -0.1) is 0 Å². The fourth-order valence-corrected chi connectivity index (χ4v) is 7.62. The number of Topliss-reactive ketones (excluding diaryl/α,β-unsaturated/α-hetero) is 1. The lowest BCUT2D eigenvalue weighted by Gasteiger charge is -2.57. The number of rotatable bonds is 1. The SMILES string of the molecule is CC(=O)[C@@]1(O)CC[C@H]2[C@@H]3C[C@H](C)C4=CC(=O)C=C[C@]4(C)[C@]34O[C@H]4C[C@@]21C. The molecule has 1 heterocycles. The Labute approximate surface area is 154 Å². The van der Waals surface area contributed by atoms with Crippen molar-refractivity contribution in [3.05, 3.63) is 23.8 Å². The molecule has 140 valence electrons. The molecule has 5 aliphatic rings. The van der Waals surface area contributed by atoms with Gasteiger partial charge in [-0.05, 0) is 69.4 Å². The second-order valence-electron chi connectivity index (χ2n) is 9.86. The summed E-state index contributed by atoms with van der Waals surface area (Å²) in [6.45, 7) is 8.07. The fourth-order valence-electron chi connectivity index (χ4n) is 7.62. The molecule has 26 heavy (non-hydrogen) atoms. The van der Waals surface area contributed by atoms with Crippen LogP contribution in [0.1, 0.15) is 53.4 Å². The predicted octanol–water partition coefficient (Wildman–Crippen LogP) is 2.99. The number of fused-ring (bicyclic) bond motifs is 3. The van der Waals surface area contributed by atoms with Gasteiger partial charge in [0.1, 0.15) is 11.2 Å². The van der Waals surface area contributed by atoms with Gasteiger partial charge in [0.25, 0.3) is 0 Å². The van der Waals surface area contributed by atoms with Crippen LogP contribution in [0.3, 0.4) is 0 Å². The number of carbonyl (C=O) groups is 2. The maximum Gasteiger partial charge on any atom is 0.178 e. The Hall–Kier alpha value is -1.26. The molecule has 1 aliphatic heterocycles. The molecule has 4 heteroatoms. The van der Waals surface area contributed by atoms with Crippen molar-refractivity contribution < 1.29 is 19.4 Å². The summed E-state index contributed by atoms with van der Waals surface area (Å²) in [6, 6.07) is 0. The van der Waals surface area contributed by atoms with Crippen LogP contribution >= 0.6 is 0 Å². The highest BCUT2D eigenvalue weighted by molar-refractivity contribution is 6.01. The Morgan fingerprint density at radius 1 is 1.31 bits per heavy atom. The van der Waals surface area contributed by atoms with Gasteiger partial charge in [0, 0.05) is 10.8 Å². The van der Waals surface area contributed by atoms with E-state index in [2.05, 4.69) is 26.8 Å². The first-order chi connectivity index (χ1) is 12.1. The number of carbonyl (C=O) groups excluding carboxylic acids is 2. The van der Waals surface area contributed by atoms with Crippen LogP contribution in [0.15, 0.2) is 23.8 Å². The van der Waals surface area contributed by atoms with Gasteiger partial charge >= 0.3 is 0 Å². The highest BCUT2D eigenvalue weighted by Crippen LogP contribution is 2.76. The predicted molar refractivity (Wildman–Crippen MR) is 96.3 cm³/mol. The zero-order valence-corrected chi connectivity index (χ0v) is 16.0. The second-order valence-corrected chi connectivity index (χ2v) is 9.86. The zero-order valence-electron chi connectivity index (χ0n) is 16.0. The van der Waals surface area contributed by atoms with E-state index in [9.17, 15) is 14.7 Å². The summed E-state index contributed by atoms with van der Waals surface area (Å²) in [4.78, 5) is 24.4. The maximum absolute atomic E-state index is 12.3. The first kappa shape index (κ1) is 16.9. The maximum atomic E-state index is 12.3. The normalized spacial score (nSPS) is 56.8. The third kappa shape index (κ3) is 1.57. The van der Waals surface area contributed by atoms with Crippen molar-refractivity contribution in [1.29, 1.82) is 0 Å². The average Bonchev–Trinajstić information content (AvgIpc) is 3.23. The summed E-state index contributed by atoms with van der Waals surface area (Å²) >= 11 is 0. The van der Waals surface area contributed by atoms with Gasteiger partial charge < -0.3 is 9.84 Å². The summed E-state index contributed by atoms with van der Waals surface area (Å²) in [5, 5.41) is 11.3. The molecule has 0 radical (unpaired) electrons. The summed E-state index contributed by atoms with van der Waals surface area (Å²) in [5.41, 5.74) is -0.971. The number of hydrogen-bond acceptors (Lipinski definition) is 4. The Balaban J connectivity index is 1.63. The van der Waals surface area contributed by atoms with Crippen LogP contribution in [0.2, 0.25) is 0 Å². The molecule has 8 atom stereocenters. The van der Waals surface area contributed by atoms with Gasteiger partial charge in [0.15, 0.2) is 11.6 Å². The van der Waals surface area contributed by atoms with Crippen molar-refractivity contribution in [3.8, 4) is 0 Å². The van der Waals surface area contributed by atoms with E-state index >= 15 is 0 Å². The highest BCUT2D eigenvalue weighted by Gasteiger charge is 2.81. The van der Waals surface area contributed by atoms with E-state index in [1.165, 1.54) is 12.5 Å². The minimum absolute atomic E-state index is 0.0523. The molecule has 1 saturated heterocycles. The molecule has 0 bridgehead atoms. The van der Waals surface area contributed by atoms with Gasteiger partial charge in [0.2, 0.25) is 0 Å². The van der Waals surface area contributed by atoms with Crippen LogP contribution < -0.4 is 0 Å². The Morgan fingerprint density at radius 3 is 2.73 bits per heavy atom. The number of hydrogen-bond donors (Lipinski definition) is 1. The molecule has 0 aromatic carbocycles. The lowest BCUT2D eigenvalue weighted by atomic mass is 9.45. The van der Waals surface area contributed by atoms with Crippen molar-refractivity contribution in [2.75, 3.05) is 0 Å². The fraction of sp³-hybridized carbons (Fsp3) is 0.727. The zero-order chi connectivity index (χ0) is 18.7. The van der Waals surface area contributed by atoms with Gasteiger partial charge in [-0.3, -0.25) is 9.59 Å². The van der Waals surface area contributed by atoms with Crippen LogP contribution in [0.25, 0.3) is 0 Å². The largest absolute Gasteiger partial charge is 0.382 e. The highest BCUT2D eigenvalue weighted by atomic mass is 16.6. The van der Waals surface area contributed by atoms with E-state index in [0.717, 1.165) is 19.3 Å². The summed E-state index contributed by atoms with van der Waals surface area (Å²) in [6.07, 6.45) is 8.77. The van der Waals surface area contributed by atoms with Crippen molar-refractivity contribution in [1.82, 2.24) is 0 Å². The molecule has 0 amide bonds. The lowest BCUT2D eigenvalue weighted by molar-refractivity contribution is -0.155. The van der Waals surface area contributed by atoms with Crippen LogP contribution in [-0.2, 0) is 14.3 Å². The molecule has 0 aromatic heterocycles. The molecular formula is C22H28O4. The number of allylic oxidation sites excluding steroid dienone is 2. The standard InChI is InChI=1S/C22H28O4/c1-12-9-17-15-6-8-21(25,13(2)23)20(15,4)11-18-22(17,26-18)19(3)7-5-14(24)10-16(12)19/h5,7,10,12,15,17-18,25H,6,8-9,11H2,1-4H3/t12-,15-,17-,18-,19-,20-,21-,22-/m0/s1. The summed E-state index contributed by atoms with van der Waals surface area (Å²) < 4.78 is 6.47. The first-order valence-electron chi connectivity index (χ1n) is 9.97. The van der Waals surface area contributed by atoms with E-state index in [4.69, 9.17) is 4.74 Å². The van der Waals surface area contributed by atoms with E-state index in [1.54, 1.807) is 6.08 Å². The molecule has 0 unspecified atom stereocenters. The van der Waals surface area contributed by atoms with Crippen molar-refractivity contribution in [2.45, 2.75) is 70.7 Å². The molecule has 4 aliphatic carbocycles. The number of epoxide rings is 1. The van der Waals surface area contributed by atoms with Crippen molar-refractivity contribution >= 4 is 11.6 Å². The first-order valence-corrected chi connectivity index (χ1v) is 9.97. The summed E-state index contributed by atoms with van der Waals surface area (Å²) in [7, 11) is 0. The van der Waals surface area contributed by atoms with Crippen LogP contribution in [0.4, 0.5) is 0 Å². The van der Waals surface area contributed by atoms with E-state index in [-0.39, 0.29) is 34.6 Å². The monoisotopic (exact) mass is 356 g/mol. The number of ketones is 2. The van der Waals surface area contributed by atoms with E-state index < -0.39 is 11.0 Å². The van der Waals surface area contributed by atoms with E-state index in [1.807, 2.05) is 6.08 Å². The van der Waals surface area contributed by atoms with Crippen LogP contribution in [0.5, 0.6) is 0 Å². The molecule has 1 N–H and O–H groups in total. The molecule has 4 fully saturated rings. The molecule has 1 spiro atoms. The van der Waals surface area contributed by atoms with Crippen LogP contribution in [0, 0.1) is 28.6 Å². The molecule has 5 rings (SSSR count). The Kier molecular flexibility index (Phi) is 2.98. The van der Waals surface area contributed by atoms with Gasteiger partial charge in [-0.1, -0.05) is 25.5 Å². The Morgan fingerprint density at radius 2 is 2.04 bits per heavy atom. The van der Waals surface area contributed by atoms with Gasteiger partial charge in [-0.2, -0.15) is 0 Å². The van der Waals surface area contributed by atoms with Crippen molar-refractivity contribution in [2.24, 2.45) is 28.6 Å². The average molecular weight is 356 g/mol. The molecule has 4 nitrogen and oxygen atoms in total. The van der Waals surface area contributed by atoms with Crippen LogP contribution in [-0.4, -0.2) is 34.0 Å². The number of ether oxygens (including phenoxy) is 1. The van der Waals surface area contributed by atoms with Gasteiger partial charge in [-0.25, -0.2) is 0 Å². The molecular weight excluding hydrogens is 328 g/mol. The lowest BCUT2D eigenvalue weighted by Crippen LogP contribution is -2.61. The third-order valence-electron chi connectivity index (χ3n) is 9.00. The molecule has 0 aromatic rings. The number of aliphatic hydroxyl groups is 1. The van der Waals surface area contributed by atoms with Crippen molar-refractivity contribution in [3.63, 3.8) is 0 Å². The topological polar surface area (TPSA) is 66.9 Å². The smallest absolute Gasteiger partial charge is 0.178 e. The Bertz CT molecular complexity index is 796. The second kappa shape index (κ2) is 4.59. The third-order valence-corrected chi connectivity index (χ3v) is 9.00. The summed E-state index contributed by atoms with van der Waals surface area (Å²) in [5.74, 6) is 0.873.